The highest BCUT2D eigenvalue weighted by Crippen LogP contribution is 2.16. The van der Waals surface area contributed by atoms with Crippen LogP contribution in [0, 0.1) is 5.92 Å². The Labute approximate surface area is 182 Å². The van der Waals surface area contributed by atoms with E-state index in [1.807, 2.05) is 30.5 Å². The average molecular weight is 500 g/mol. The predicted molar refractivity (Wildman–Crippen MR) is 120 cm³/mol. The minimum atomic E-state index is 0. The predicted octanol–water partition coefficient (Wildman–Crippen LogP) is 1.31. The Morgan fingerprint density at radius 1 is 1.36 bits per heavy atom. The normalized spacial score (nSPS) is 15.2. The van der Waals surface area contributed by atoms with Gasteiger partial charge in [0.15, 0.2) is 5.96 Å². The Bertz CT molecular complexity index is 812. The van der Waals surface area contributed by atoms with Crippen molar-refractivity contribution in [2.75, 3.05) is 31.6 Å². The molecule has 9 nitrogen and oxygen atoms in total. The Morgan fingerprint density at radius 2 is 2.14 bits per heavy atom. The Kier molecular flexibility index (Phi) is 7.84. The molecule has 0 unspecified atom stereocenters. The molecule has 1 N–H and O–H groups in total. The monoisotopic (exact) mass is 500 g/mol. The van der Waals surface area contributed by atoms with Crippen LogP contribution in [0.5, 0.6) is 0 Å². The molecule has 0 aromatic carbocycles. The maximum Gasteiger partial charge on any atom is 0.246 e. The molecule has 0 spiro atoms. The second kappa shape index (κ2) is 9.89. The van der Waals surface area contributed by atoms with Gasteiger partial charge in [-0.1, -0.05) is 13.8 Å². The largest absolute Gasteiger partial charge is 0.349 e. The first-order valence-electron chi connectivity index (χ1n) is 9.22. The maximum atomic E-state index is 12.6. The molecule has 2 aromatic heterocycles. The number of halogens is 1. The molecule has 28 heavy (non-hydrogen) atoms. The molecular weight excluding hydrogens is 471 g/mol. The third-order valence-electron chi connectivity index (χ3n) is 4.50. The van der Waals surface area contributed by atoms with E-state index >= 15 is 0 Å². The van der Waals surface area contributed by atoms with Gasteiger partial charge in [-0.25, -0.2) is 4.98 Å². The standard InChI is InChI=1S/C18H28N8O.HI/c1-14(2)11-24-6-5-20-16(24)10-21-18(19-3)25-7-8-26(17(27)13-25)15-9-22-23(4)12-15;/h5-6,9,12,14H,7-8,10-11,13H2,1-4H3,(H,19,21);1H. The number of nitrogens with one attached hydrogen (secondary N) is 1. The number of aliphatic imine (C=N–C) groups is 1. The number of amides is 1. The lowest BCUT2D eigenvalue weighted by Gasteiger charge is -2.35. The SMILES string of the molecule is CN=C(NCc1nccn1CC(C)C)N1CCN(c2cnn(C)c2)C(=O)C1.I. The number of nitrogens with zero attached hydrogens (tertiary/aromatic N) is 7. The highest BCUT2D eigenvalue weighted by molar-refractivity contribution is 14.0. The molecule has 0 aliphatic carbocycles. The zero-order valence-electron chi connectivity index (χ0n) is 16.9. The van der Waals surface area contributed by atoms with E-state index in [2.05, 4.69) is 38.8 Å². The lowest BCUT2D eigenvalue weighted by Crippen LogP contribution is -2.55. The molecule has 1 fully saturated rings. The molecule has 2 aromatic rings. The van der Waals surface area contributed by atoms with Crippen molar-refractivity contribution < 1.29 is 4.79 Å². The van der Waals surface area contributed by atoms with Crippen LogP contribution in [0.1, 0.15) is 19.7 Å². The first-order chi connectivity index (χ1) is 13.0. The first kappa shape index (κ1) is 22.2. The third-order valence-corrected chi connectivity index (χ3v) is 4.50. The minimum Gasteiger partial charge on any atom is -0.349 e. The van der Waals surface area contributed by atoms with E-state index in [-0.39, 0.29) is 36.4 Å². The maximum absolute atomic E-state index is 12.6. The number of carbonyl (C=O) groups excluding carboxylic acids is 1. The topological polar surface area (TPSA) is 83.6 Å². The van der Waals surface area contributed by atoms with Gasteiger partial charge in [0.05, 0.1) is 18.4 Å². The van der Waals surface area contributed by atoms with Gasteiger partial charge in [-0.05, 0) is 5.92 Å². The Balaban J connectivity index is 0.00000280. The summed E-state index contributed by atoms with van der Waals surface area (Å²) in [6.07, 6.45) is 7.39. The summed E-state index contributed by atoms with van der Waals surface area (Å²) >= 11 is 0. The number of anilines is 1. The molecule has 0 bridgehead atoms. The van der Waals surface area contributed by atoms with Gasteiger partial charge in [0.25, 0.3) is 0 Å². The summed E-state index contributed by atoms with van der Waals surface area (Å²) in [7, 11) is 3.58. The van der Waals surface area contributed by atoms with Gasteiger partial charge in [0, 0.05) is 52.3 Å². The zero-order valence-corrected chi connectivity index (χ0v) is 19.2. The van der Waals surface area contributed by atoms with Crippen molar-refractivity contribution in [3.05, 3.63) is 30.6 Å². The van der Waals surface area contributed by atoms with E-state index in [1.54, 1.807) is 22.8 Å². The van der Waals surface area contributed by atoms with Crippen LogP contribution < -0.4 is 10.2 Å². The Hall–Kier alpha value is -2.11. The lowest BCUT2D eigenvalue weighted by molar-refractivity contribution is -0.120. The number of aryl methyl sites for hydroxylation is 1. The quantitative estimate of drug-likeness (QED) is 0.381. The fourth-order valence-corrected chi connectivity index (χ4v) is 3.23. The lowest BCUT2D eigenvalue weighted by atomic mass is 10.2. The van der Waals surface area contributed by atoms with Gasteiger partial charge >= 0.3 is 0 Å². The molecule has 1 aliphatic rings. The molecule has 3 rings (SSSR count). The van der Waals surface area contributed by atoms with Crippen molar-refractivity contribution in [2.24, 2.45) is 18.0 Å². The van der Waals surface area contributed by atoms with Crippen LogP contribution >= 0.6 is 24.0 Å². The van der Waals surface area contributed by atoms with Gasteiger partial charge < -0.3 is 19.7 Å². The summed E-state index contributed by atoms with van der Waals surface area (Å²) < 4.78 is 3.85. The van der Waals surface area contributed by atoms with E-state index in [9.17, 15) is 4.79 Å². The molecule has 1 aliphatic heterocycles. The van der Waals surface area contributed by atoms with Crippen LogP contribution in [0.3, 0.4) is 0 Å². The summed E-state index contributed by atoms with van der Waals surface area (Å²) in [6, 6.07) is 0. The van der Waals surface area contributed by atoms with Gasteiger partial charge in [-0.3, -0.25) is 14.5 Å². The summed E-state index contributed by atoms with van der Waals surface area (Å²) in [6.45, 7) is 7.47. The van der Waals surface area contributed by atoms with Gasteiger partial charge in [0.2, 0.25) is 5.91 Å². The van der Waals surface area contributed by atoms with Crippen LogP contribution in [-0.4, -0.2) is 62.8 Å². The minimum absolute atomic E-state index is 0. The number of hydrogen-bond donors (Lipinski definition) is 1. The number of rotatable bonds is 5. The van der Waals surface area contributed by atoms with E-state index in [0.717, 1.165) is 18.1 Å². The number of aromatic nitrogens is 4. The van der Waals surface area contributed by atoms with E-state index < -0.39 is 0 Å². The zero-order chi connectivity index (χ0) is 19.4. The second-order valence-electron chi connectivity index (χ2n) is 7.13. The highest BCUT2D eigenvalue weighted by Gasteiger charge is 2.27. The van der Waals surface area contributed by atoms with Crippen molar-refractivity contribution in [3.8, 4) is 0 Å². The highest BCUT2D eigenvalue weighted by atomic mass is 127. The molecule has 0 radical (unpaired) electrons. The van der Waals surface area contributed by atoms with Crippen LogP contribution in [-0.2, 0) is 24.9 Å². The Morgan fingerprint density at radius 3 is 2.75 bits per heavy atom. The summed E-state index contributed by atoms with van der Waals surface area (Å²) in [5.41, 5.74) is 0.834. The molecule has 0 atom stereocenters. The van der Waals surface area contributed by atoms with E-state index in [0.29, 0.717) is 31.5 Å². The van der Waals surface area contributed by atoms with Gasteiger partial charge in [0.1, 0.15) is 12.4 Å². The van der Waals surface area contributed by atoms with Crippen molar-refractivity contribution >= 4 is 41.5 Å². The van der Waals surface area contributed by atoms with Crippen LogP contribution in [0.4, 0.5) is 5.69 Å². The number of guanidine groups is 1. The van der Waals surface area contributed by atoms with E-state index in [4.69, 9.17) is 0 Å². The van der Waals surface area contributed by atoms with Crippen molar-refractivity contribution in [2.45, 2.75) is 26.9 Å². The molecule has 3 heterocycles. The average Bonchev–Trinajstić information content (AvgIpc) is 3.24. The third kappa shape index (κ3) is 5.24. The van der Waals surface area contributed by atoms with E-state index in [1.165, 1.54) is 0 Å². The molecule has 1 amide bonds. The summed E-state index contributed by atoms with van der Waals surface area (Å²) in [5.74, 6) is 2.27. The number of carbonyl (C=O) groups is 1. The number of imidazole rings is 1. The van der Waals surface area contributed by atoms with Crippen LogP contribution in [0.25, 0.3) is 0 Å². The van der Waals surface area contributed by atoms with Crippen LogP contribution in [0.2, 0.25) is 0 Å². The fourth-order valence-electron chi connectivity index (χ4n) is 3.23. The molecule has 10 heteroatoms. The molecule has 1 saturated heterocycles. The summed E-state index contributed by atoms with van der Waals surface area (Å²) in [5, 5.41) is 7.49. The molecular formula is C18H29IN8O. The molecule has 154 valence electrons. The van der Waals surface area contributed by atoms with Crippen molar-refractivity contribution in [3.63, 3.8) is 0 Å². The smallest absolute Gasteiger partial charge is 0.246 e. The second-order valence-corrected chi connectivity index (χ2v) is 7.13. The van der Waals surface area contributed by atoms with Crippen molar-refractivity contribution in [1.29, 1.82) is 0 Å². The fraction of sp³-hybridized carbons (Fsp3) is 0.556. The molecule has 0 saturated carbocycles. The first-order valence-corrected chi connectivity index (χ1v) is 9.22. The van der Waals surface area contributed by atoms with Crippen LogP contribution in [0.15, 0.2) is 29.8 Å². The van der Waals surface area contributed by atoms with Gasteiger partial charge in [-0.2, -0.15) is 5.10 Å². The van der Waals surface area contributed by atoms with Gasteiger partial charge in [-0.15, -0.1) is 24.0 Å². The summed E-state index contributed by atoms with van der Waals surface area (Å²) in [4.78, 5) is 25.1. The number of piperazine rings is 1. The van der Waals surface area contributed by atoms with Crippen molar-refractivity contribution in [1.82, 2.24) is 29.5 Å². The number of hydrogen-bond acceptors (Lipinski definition) is 4.